The van der Waals surface area contributed by atoms with Crippen molar-refractivity contribution in [2.45, 2.75) is 18.8 Å². The van der Waals surface area contributed by atoms with Crippen LogP contribution in [0.25, 0.3) is 0 Å². The van der Waals surface area contributed by atoms with E-state index in [0.717, 1.165) is 5.82 Å². The summed E-state index contributed by atoms with van der Waals surface area (Å²) in [6.45, 7) is 0. The van der Waals surface area contributed by atoms with Crippen LogP contribution in [-0.2, 0) is 7.05 Å². The molecule has 4 heteroatoms. The lowest BCUT2D eigenvalue weighted by molar-refractivity contribution is 0.735. The maximum Gasteiger partial charge on any atom is 0.215 e. The van der Waals surface area contributed by atoms with E-state index >= 15 is 0 Å². The lowest BCUT2D eigenvalue weighted by Crippen LogP contribution is -1.90. The molecule has 0 aliphatic heterocycles. The molecule has 3 nitrogen and oxygen atoms in total. The fourth-order valence-electron chi connectivity index (χ4n) is 0.962. The van der Waals surface area contributed by atoms with Crippen LogP contribution in [0.1, 0.15) is 24.6 Å². The van der Waals surface area contributed by atoms with Crippen molar-refractivity contribution in [3.05, 3.63) is 10.6 Å². The lowest BCUT2D eigenvalue weighted by atomic mass is 10.4. The molecular weight excluding hydrogens is 146 g/mol. The smallest absolute Gasteiger partial charge is 0.215 e. The minimum atomic E-state index is 0.655. The molecule has 0 atom stereocenters. The lowest BCUT2D eigenvalue weighted by Gasteiger charge is -1.86. The van der Waals surface area contributed by atoms with Crippen molar-refractivity contribution in [2.75, 3.05) is 0 Å². The van der Waals surface area contributed by atoms with Crippen LogP contribution in [-0.4, -0.2) is 14.8 Å². The van der Waals surface area contributed by atoms with Crippen LogP contribution in [0.15, 0.2) is 0 Å². The zero-order chi connectivity index (χ0) is 7.14. The van der Waals surface area contributed by atoms with Gasteiger partial charge in [0.2, 0.25) is 4.77 Å². The van der Waals surface area contributed by atoms with Crippen molar-refractivity contribution >= 4 is 12.2 Å². The fraction of sp³-hybridized carbons (Fsp3) is 0.667. The molecule has 0 amide bonds. The Labute approximate surface area is 64.1 Å². The van der Waals surface area contributed by atoms with Crippen LogP contribution in [0.2, 0.25) is 0 Å². The summed E-state index contributed by atoms with van der Waals surface area (Å²) in [6, 6.07) is 0. The molecular formula is C6H9N3S. The summed E-state index contributed by atoms with van der Waals surface area (Å²) < 4.78 is 2.44. The average Bonchev–Trinajstić information content (AvgIpc) is 2.64. The van der Waals surface area contributed by atoms with Gasteiger partial charge in [0.25, 0.3) is 0 Å². The molecule has 1 heterocycles. The summed E-state index contributed by atoms with van der Waals surface area (Å²) in [4.78, 5) is 4.19. The second kappa shape index (κ2) is 1.92. The number of aromatic amines is 1. The Balaban J connectivity index is 2.43. The van der Waals surface area contributed by atoms with Gasteiger partial charge < -0.3 is 0 Å². The first-order valence-electron chi connectivity index (χ1n) is 3.40. The third-order valence-electron chi connectivity index (χ3n) is 1.75. The molecule has 1 N–H and O–H groups in total. The molecule has 2 rings (SSSR count). The number of hydrogen-bond donors (Lipinski definition) is 1. The minimum absolute atomic E-state index is 0.655. The van der Waals surface area contributed by atoms with Crippen molar-refractivity contribution in [2.24, 2.45) is 7.05 Å². The molecule has 0 unspecified atom stereocenters. The van der Waals surface area contributed by atoms with E-state index in [2.05, 4.69) is 10.1 Å². The molecule has 1 aromatic rings. The second-order valence-corrected chi connectivity index (χ2v) is 3.09. The third-order valence-corrected chi connectivity index (χ3v) is 2.11. The second-order valence-electron chi connectivity index (χ2n) is 2.72. The van der Waals surface area contributed by atoms with E-state index in [9.17, 15) is 0 Å². The monoisotopic (exact) mass is 155 g/mol. The highest BCUT2D eigenvalue weighted by Gasteiger charge is 2.26. The van der Waals surface area contributed by atoms with E-state index in [0.29, 0.717) is 10.7 Å². The quantitative estimate of drug-likeness (QED) is 0.621. The molecule has 1 aliphatic rings. The maximum absolute atomic E-state index is 4.94. The Hall–Kier alpha value is -0.640. The first-order chi connectivity index (χ1) is 4.77. The van der Waals surface area contributed by atoms with E-state index in [1.54, 1.807) is 4.68 Å². The highest BCUT2D eigenvalue weighted by molar-refractivity contribution is 7.71. The van der Waals surface area contributed by atoms with Gasteiger partial charge in [0.1, 0.15) is 5.82 Å². The largest absolute Gasteiger partial charge is 0.283 e. The normalized spacial score (nSPS) is 17.7. The number of aryl methyl sites for hydroxylation is 1. The van der Waals surface area contributed by atoms with Crippen molar-refractivity contribution in [1.82, 2.24) is 14.8 Å². The van der Waals surface area contributed by atoms with Gasteiger partial charge in [0.15, 0.2) is 0 Å². The van der Waals surface area contributed by atoms with Gasteiger partial charge >= 0.3 is 0 Å². The van der Waals surface area contributed by atoms with Crippen LogP contribution >= 0.6 is 12.2 Å². The van der Waals surface area contributed by atoms with Crippen LogP contribution in [0.4, 0.5) is 0 Å². The number of hydrogen-bond acceptors (Lipinski definition) is 2. The van der Waals surface area contributed by atoms with E-state index in [1.807, 2.05) is 7.05 Å². The molecule has 1 aromatic heterocycles. The standard InChI is InChI=1S/C6H9N3S/c1-9-6(10)7-5(8-9)4-2-3-4/h4H,2-3H2,1H3,(H,7,8,10). The summed E-state index contributed by atoms with van der Waals surface area (Å²) in [5.41, 5.74) is 0. The summed E-state index contributed by atoms with van der Waals surface area (Å²) >= 11 is 4.94. The predicted octanol–water partition coefficient (Wildman–Crippen LogP) is 1.36. The fourth-order valence-corrected chi connectivity index (χ4v) is 1.11. The molecule has 0 aromatic carbocycles. The zero-order valence-electron chi connectivity index (χ0n) is 5.79. The van der Waals surface area contributed by atoms with Gasteiger partial charge in [-0.1, -0.05) is 0 Å². The van der Waals surface area contributed by atoms with Gasteiger partial charge in [0, 0.05) is 13.0 Å². The Morgan fingerprint density at radius 3 is 2.80 bits per heavy atom. The van der Waals surface area contributed by atoms with Gasteiger partial charge in [-0.15, -0.1) is 0 Å². The van der Waals surface area contributed by atoms with Gasteiger partial charge in [-0.3, -0.25) is 9.78 Å². The van der Waals surface area contributed by atoms with Gasteiger partial charge in [-0.2, -0.15) is 0 Å². The number of H-pyrrole nitrogens is 1. The SMILES string of the molecule is Cn1[nH]c(C2CC2)nc1=S. The molecule has 0 spiro atoms. The maximum atomic E-state index is 4.94. The molecule has 0 bridgehead atoms. The van der Waals surface area contributed by atoms with E-state index in [-0.39, 0.29) is 0 Å². The van der Waals surface area contributed by atoms with E-state index < -0.39 is 0 Å². The zero-order valence-corrected chi connectivity index (χ0v) is 6.61. The van der Waals surface area contributed by atoms with Crippen molar-refractivity contribution in [1.29, 1.82) is 0 Å². The van der Waals surface area contributed by atoms with Crippen molar-refractivity contribution < 1.29 is 0 Å². The van der Waals surface area contributed by atoms with Crippen LogP contribution in [0, 0.1) is 4.77 Å². The first kappa shape index (κ1) is 6.09. The van der Waals surface area contributed by atoms with Crippen molar-refractivity contribution in [3.8, 4) is 0 Å². The molecule has 1 saturated carbocycles. The molecule has 0 radical (unpaired) electrons. The summed E-state index contributed by atoms with van der Waals surface area (Å²) in [5, 5.41) is 3.11. The van der Waals surface area contributed by atoms with Crippen LogP contribution < -0.4 is 0 Å². The summed E-state index contributed by atoms with van der Waals surface area (Å²) in [5.74, 6) is 1.73. The Bertz CT molecular complexity index is 294. The molecule has 1 fully saturated rings. The molecule has 1 aliphatic carbocycles. The highest BCUT2D eigenvalue weighted by atomic mass is 32.1. The molecule has 10 heavy (non-hydrogen) atoms. The molecule has 54 valence electrons. The number of rotatable bonds is 1. The summed E-state index contributed by atoms with van der Waals surface area (Å²) in [7, 11) is 1.89. The summed E-state index contributed by atoms with van der Waals surface area (Å²) in [6.07, 6.45) is 2.53. The van der Waals surface area contributed by atoms with Gasteiger partial charge in [0.05, 0.1) is 0 Å². The van der Waals surface area contributed by atoms with E-state index in [1.165, 1.54) is 12.8 Å². The topological polar surface area (TPSA) is 33.6 Å². The Morgan fingerprint density at radius 1 is 1.70 bits per heavy atom. The van der Waals surface area contributed by atoms with Gasteiger partial charge in [-0.05, 0) is 25.1 Å². The van der Waals surface area contributed by atoms with Crippen molar-refractivity contribution in [3.63, 3.8) is 0 Å². The van der Waals surface area contributed by atoms with Gasteiger partial charge in [-0.25, -0.2) is 4.98 Å². The highest BCUT2D eigenvalue weighted by Crippen LogP contribution is 2.37. The Morgan fingerprint density at radius 2 is 2.40 bits per heavy atom. The van der Waals surface area contributed by atoms with Crippen LogP contribution in [0.3, 0.4) is 0 Å². The Kier molecular flexibility index (Phi) is 1.17. The first-order valence-corrected chi connectivity index (χ1v) is 3.81. The number of aromatic nitrogens is 3. The predicted molar refractivity (Wildman–Crippen MR) is 40.4 cm³/mol. The van der Waals surface area contributed by atoms with E-state index in [4.69, 9.17) is 12.2 Å². The number of nitrogens with one attached hydrogen (secondary N) is 1. The number of nitrogens with zero attached hydrogens (tertiary/aromatic N) is 2. The third kappa shape index (κ3) is 0.883. The minimum Gasteiger partial charge on any atom is -0.283 e. The van der Waals surface area contributed by atoms with Crippen LogP contribution in [0.5, 0.6) is 0 Å². The molecule has 0 saturated heterocycles. The average molecular weight is 155 g/mol.